The minimum Gasteiger partial charge on any atom is -0.454 e. The molecule has 1 aliphatic heterocycles. The molecule has 1 heterocycles. The van der Waals surface area contributed by atoms with Crippen LogP contribution in [0.1, 0.15) is 0 Å². The lowest BCUT2D eigenvalue weighted by Gasteiger charge is -2.07. The molecule has 90 valence electrons. The number of ether oxygens (including phenoxy) is 3. The van der Waals surface area contributed by atoms with Gasteiger partial charge in [0.25, 0.3) is 6.47 Å². The zero-order valence-corrected chi connectivity index (χ0v) is 9.46. The largest absolute Gasteiger partial charge is 0.454 e. The van der Waals surface area contributed by atoms with E-state index in [0.29, 0.717) is 18.0 Å². The maximum absolute atomic E-state index is 10.5. The summed E-state index contributed by atoms with van der Waals surface area (Å²) in [4.78, 5) is 10.5. The van der Waals surface area contributed by atoms with Crippen molar-refractivity contribution in [2.24, 2.45) is 0 Å². The average Bonchev–Trinajstić information content (AvgIpc) is 2.87. The Bertz CT molecular complexity index is 592. The molecule has 0 atom stereocenters. The summed E-state index contributed by atoms with van der Waals surface area (Å²) >= 11 is 0. The van der Waals surface area contributed by atoms with Crippen LogP contribution in [-0.2, 0) is 4.79 Å². The van der Waals surface area contributed by atoms with Crippen LogP contribution in [0.15, 0.2) is 42.5 Å². The van der Waals surface area contributed by atoms with E-state index in [9.17, 15) is 4.79 Å². The third-order valence-electron chi connectivity index (χ3n) is 2.75. The highest BCUT2D eigenvalue weighted by Crippen LogP contribution is 2.38. The first-order valence-electron chi connectivity index (χ1n) is 5.48. The fourth-order valence-corrected chi connectivity index (χ4v) is 1.92. The molecule has 0 unspecified atom stereocenters. The highest BCUT2D eigenvalue weighted by molar-refractivity contribution is 5.74. The monoisotopic (exact) mass is 242 g/mol. The SMILES string of the molecule is O=COc1ccccc1-c1ccc2c(c1)OCO2. The van der Waals surface area contributed by atoms with Crippen molar-refractivity contribution in [2.45, 2.75) is 0 Å². The Hall–Kier alpha value is -2.49. The van der Waals surface area contributed by atoms with Crippen LogP contribution in [-0.4, -0.2) is 13.3 Å². The van der Waals surface area contributed by atoms with Gasteiger partial charge in [0.05, 0.1) is 0 Å². The zero-order valence-electron chi connectivity index (χ0n) is 9.46. The molecular weight excluding hydrogens is 232 g/mol. The van der Waals surface area contributed by atoms with Gasteiger partial charge in [-0.2, -0.15) is 0 Å². The summed E-state index contributed by atoms with van der Waals surface area (Å²) in [6.45, 7) is 0.664. The number of fused-ring (bicyclic) bond motifs is 1. The van der Waals surface area contributed by atoms with Gasteiger partial charge in [-0.25, -0.2) is 0 Å². The quantitative estimate of drug-likeness (QED) is 0.776. The van der Waals surface area contributed by atoms with Crippen molar-refractivity contribution in [3.05, 3.63) is 42.5 Å². The van der Waals surface area contributed by atoms with Crippen LogP contribution < -0.4 is 14.2 Å². The summed E-state index contributed by atoms with van der Waals surface area (Å²) in [5.74, 6) is 1.95. The van der Waals surface area contributed by atoms with Gasteiger partial charge in [0.15, 0.2) is 11.5 Å². The molecule has 0 radical (unpaired) electrons. The lowest BCUT2D eigenvalue weighted by Crippen LogP contribution is -1.93. The first-order chi connectivity index (χ1) is 8.88. The van der Waals surface area contributed by atoms with E-state index in [0.717, 1.165) is 16.9 Å². The highest BCUT2D eigenvalue weighted by Gasteiger charge is 2.15. The molecule has 0 fully saturated rings. The van der Waals surface area contributed by atoms with E-state index < -0.39 is 0 Å². The molecule has 4 heteroatoms. The van der Waals surface area contributed by atoms with Gasteiger partial charge in [0.2, 0.25) is 6.79 Å². The van der Waals surface area contributed by atoms with Crippen LogP contribution in [0.2, 0.25) is 0 Å². The van der Waals surface area contributed by atoms with Crippen LogP contribution in [0.25, 0.3) is 11.1 Å². The minimum absolute atomic E-state index is 0.241. The molecule has 2 aromatic rings. The summed E-state index contributed by atoms with van der Waals surface area (Å²) in [5, 5.41) is 0. The Morgan fingerprint density at radius 1 is 1.06 bits per heavy atom. The summed E-state index contributed by atoms with van der Waals surface area (Å²) < 4.78 is 15.5. The molecular formula is C14H10O4. The first kappa shape index (κ1) is 10.7. The third kappa shape index (κ3) is 1.78. The number of hydrogen-bond donors (Lipinski definition) is 0. The van der Waals surface area contributed by atoms with Gasteiger partial charge >= 0.3 is 0 Å². The molecule has 0 saturated heterocycles. The Balaban J connectivity index is 2.07. The molecule has 0 saturated carbocycles. The van der Waals surface area contributed by atoms with Crippen molar-refractivity contribution < 1.29 is 19.0 Å². The maximum Gasteiger partial charge on any atom is 0.298 e. The number of carbonyl (C=O) groups is 1. The maximum atomic E-state index is 10.5. The molecule has 0 spiro atoms. The van der Waals surface area contributed by atoms with Gasteiger partial charge in [0, 0.05) is 5.56 Å². The van der Waals surface area contributed by atoms with E-state index in [2.05, 4.69) is 0 Å². The summed E-state index contributed by atoms with van der Waals surface area (Å²) in [6, 6.07) is 12.9. The second-order valence-corrected chi connectivity index (χ2v) is 3.78. The highest BCUT2D eigenvalue weighted by atomic mass is 16.7. The van der Waals surface area contributed by atoms with Crippen molar-refractivity contribution in [3.8, 4) is 28.4 Å². The molecule has 3 rings (SSSR count). The number of rotatable bonds is 3. The van der Waals surface area contributed by atoms with Gasteiger partial charge < -0.3 is 14.2 Å². The fourth-order valence-electron chi connectivity index (χ4n) is 1.92. The molecule has 0 aromatic heterocycles. The first-order valence-corrected chi connectivity index (χ1v) is 5.48. The van der Waals surface area contributed by atoms with Crippen molar-refractivity contribution >= 4 is 6.47 Å². The summed E-state index contributed by atoms with van der Waals surface area (Å²) in [5.41, 5.74) is 1.75. The molecule has 18 heavy (non-hydrogen) atoms. The molecule has 0 amide bonds. The fraction of sp³-hybridized carbons (Fsp3) is 0.0714. The minimum atomic E-state index is 0.241. The average molecular weight is 242 g/mol. The van der Waals surface area contributed by atoms with E-state index >= 15 is 0 Å². The molecule has 4 nitrogen and oxygen atoms in total. The van der Waals surface area contributed by atoms with Crippen molar-refractivity contribution in [1.29, 1.82) is 0 Å². The second-order valence-electron chi connectivity index (χ2n) is 3.78. The van der Waals surface area contributed by atoms with Gasteiger partial charge in [0.1, 0.15) is 5.75 Å². The number of benzene rings is 2. The molecule has 0 aliphatic carbocycles. The van der Waals surface area contributed by atoms with Crippen LogP contribution in [0, 0.1) is 0 Å². The smallest absolute Gasteiger partial charge is 0.298 e. The molecule has 0 bridgehead atoms. The standard InChI is InChI=1S/C14H10O4/c15-8-16-12-4-2-1-3-11(12)10-5-6-13-14(7-10)18-9-17-13/h1-8H,9H2. The van der Waals surface area contributed by atoms with Crippen LogP contribution >= 0.6 is 0 Å². The van der Waals surface area contributed by atoms with Crippen molar-refractivity contribution in [3.63, 3.8) is 0 Å². The predicted octanol–water partition coefficient (Wildman–Crippen LogP) is 2.62. The van der Waals surface area contributed by atoms with Gasteiger partial charge in [-0.1, -0.05) is 24.3 Å². The number of hydrogen-bond acceptors (Lipinski definition) is 4. The number of para-hydroxylation sites is 1. The molecule has 2 aromatic carbocycles. The van der Waals surface area contributed by atoms with E-state index in [-0.39, 0.29) is 6.79 Å². The Kier molecular flexibility index (Phi) is 2.61. The van der Waals surface area contributed by atoms with E-state index in [1.165, 1.54) is 0 Å². The normalized spacial score (nSPS) is 12.2. The summed E-state index contributed by atoms with van der Waals surface area (Å²) in [6.07, 6.45) is 0. The topological polar surface area (TPSA) is 44.8 Å². The van der Waals surface area contributed by atoms with Gasteiger partial charge in [-0.05, 0) is 23.8 Å². The van der Waals surface area contributed by atoms with E-state index in [1.807, 2.05) is 36.4 Å². The molecule has 0 N–H and O–H groups in total. The predicted molar refractivity (Wildman–Crippen MR) is 64.7 cm³/mol. The van der Waals surface area contributed by atoms with Crippen LogP contribution in [0.5, 0.6) is 17.2 Å². The second kappa shape index (κ2) is 4.41. The van der Waals surface area contributed by atoms with E-state index in [1.54, 1.807) is 6.07 Å². The Morgan fingerprint density at radius 3 is 2.78 bits per heavy atom. The van der Waals surface area contributed by atoms with Crippen molar-refractivity contribution in [1.82, 2.24) is 0 Å². The Labute approximate surface area is 104 Å². The van der Waals surface area contributed by atoms with Gasteiger partial charge in [-0.3, -0.25) is 4.79 Å². The molecule has 1 aliphatic rings. The van der Waals surface area contributed by atoms with Crippen LogP contribution in [0.4, 0.5) is 0 Å². The van der Waals surface area contributed by atoms with E-state index in [4.69, 9.17) is 14.2 Å². The van der Waals surface area contributed by atoms with Gasteiger partial charge in [-0.15, -0.1) is 0 Å². The third-order valence-corrected chi connectivity index (χ3v) is 2.75. The lowest BCUT2D eigenvalue weighted by atomic mass is 10.0. The van der Waals surface area contributed by atoms with Crippen molar-refractivity contribution in [2.75, 3.05) is 6.79 Å². The zero-order chi connectivity index (χ0) is 12.4. The lowest BCUT2D eigenvalue weighted by molar-refractivity contribution is -0.120. The Morgan fingerprint density at radius 2 is 1.89 bits per heavy atom. The number of carbonyl (C=O) groups excluding carboxylic acids is 1. The summed E-state index contributed by atoms with van der Waals surface area (Å²) in [7, 11) is 0. The van der Waals surface area contributed by atoms with Crippen LogP contribution in [0.3, 0.4) is 0 Å².